The van der Waals surface area contributed by atoms with Crippen molar-refractivity contribution >= 4 is 5.78 Å². The summed E-state index contributed by atoms with van der Waals surface area (Å²) in [5.41, 5.74) is 1.57. The zero-order valence-corrected chi connectivity index (χ0v) is 12.1. The first-order chi connectivity index (χ1) is 9.05. The van der Waals surface area contributed by atoms with Crippen LogP contribution >= 0.6 is 0 Å². The number of ether oxygens (including phenoxy) is 1. The Morgan fingerprint density at radius 2 is 2.00 bits per heavy atom. The van der Waals surface area contributed by atoms with E-state index in [1.54, 1.807) is 0 Å². The Kier molecular flexibility index (Phi) is 4.38. The topological polar surface area (TPSA) is 29.5 Å². The second kappa shape index (κ2) is 5.85. The highest BCUT2D eigenvalue weighted by molar-refractivity contribution is 6.02. The molecule has 0 aliphatic carbocycles. The number of morpholine rings is 1. The fourth-order valence-corrected chi connectivity index (χ4v) is 2.55. The van der Waals surface area contributed by atoms with E-state index < -0.39 is 5.54 Å². The maximum absolute atomic E-state index is 12.8. The molecule has 0 unspecified atom stereocenters. The van der Waals surface area contributed by atoms with Gasteiger partial charge in [0.1, 0.15) is 0 Å². The highest BCUT2D eigenvalue weighted by atomic mass is 16.5. The molecule has 104 valence electrons. The molecule has 1 heterocycles. The first-order valence-electron chi connectivity index (χ1n) is 7.02. The minimum absolute atomic E-state index is 0.199. The SMILES string of the molecule is CCc1cccc(C(=O)C(C)(C)N2CCOCC2)c1. The van der Waals surface area contributed by atoms with Crippen molar-refractivity contribution in [1.29, 1.82) is 0 Å². The third-order valence-electron chi connectivity index (χ3n) is 3.95. The summed E-state index contributed by atoms with van der Waals surface area (Å²) in [5.74, 6) is 0.199. The van der Waals surface area contributed by atoms with Crippen LogP contribution in [0.1, 0.15) is 36.7 Å². The van der Waals surface area contributed by atoms with E-state index in [1.165, 1.54) is 5.56 Å². The Morgan fingerprint density at radius 3 is 2.63 bits per heavy atom. The number of hydrogen-bond donors (Lipinski definition) is 0. The van der Waals surface area contributed by atoms with Gasteiger partial charge in [0.25, 0.3) is 0 Å². The number of aryl methyl sites for hydroxylation is 1. The summed E-state index contributed by atoms with van der Waals surface area (Å²) < 4.78 is 5.36. The summed E-state index contributed by atoms with van der Waals surface area (Å²) in [7, 11) is 0. The lowest BCUT2D eigenvalue weighted by molar-refractivity contribution is -0.00430. The van der Waals surface area contributed by atoms with E-state index in [9.17, 15) is 4.79 Å². The van der Waals surface area contributed by atoms with E-state index in [-0.39, 0.29) is 5.78 Å². The molecule has 1 saturated heterocycles. The largest absolute Gasteiger partial charge is 0.379 e. The Hall–Kier alpha value is -1.19. The van der Waals surface area contributed by atoms with Crippen LogP contribution in [0.4, 0.5) is 0 Å². The van der Waals surface area contributed by atoms with Gasteiger partial charge in [-0.15, -0.1) is 0 Å². The predicted molar refractivity (Wildman–Crippen MR) is 76.6 cm³/mol. The van der Waals surface area contributed by atoms with Crippen LogP contribution in [0.3, 0.4) is 0 Å². The van der Waals surface area contributed by atoms with Crippen molar-refractivity contribution in [2.24, 2.45) is 0 Å². The molecule has 1 aromatic carbocycles. The van der Waals surface area contributed by atoms with Crippen molar-refractivity contribution in [2.45, 2.75) is 32.7 Å². The molecule has 1 aliphatic rings. The fourth-order valence-electron chi connectivity index (χ4n) is 2.55. The van der Waals surface area contributed by atoms with Gasteiger partial charge in [-0.1, -0.05) is 25.1 Å². The maximum Gasteiger partial charge on any atom is 0.182 e. The third kappa shape index (κ3) is 3.04. The van der Waals surface area contributed by atoms with Gasteiger partial charge in [-0.05, 0) is 31.9 Å². The van der Waals surface area contributed by atoms with Gasteiger partial charge in [0.2, 0.25) is 0 Å². The molecule has 0 saturated carbocycles. The van der Waals surface area contributed by atoms with E-state index in [0.717, 1.165) is 25.1 Å². The summed E-state index contributed by atoms with van der Waals surface area (Å²) >= 11 is 0. The Labute approximate surface area is 115 Å². The van der Waals surface area contributed by atoms with E-state index in [1.807, 2.05) is 32.0 Å². The summed E-state index contributed by atoms with van der Waals surface area (Å²) in [6.45, 7) is 9.21. The van der Waals surface area contributed by atoms with E-state index >= 15 is 0 Å². The molecule has 0 N–H and O–H groups in total. The van der Waals surface area contributed by atoms with Crippen molar-refractivity contribution < 1.29 is 9.53 Å². The molecule has 0 radical (unpaired) electrons. The molecule has 1 fully saturated rings. The van der Waals surface area contributed by atoms with Gasteiger partial charge in [-0.3, -0.25) is 9.69 Å². The van der Waals surface area contributed by atoms with Crippen LogP contribution in [-0.2, 0) is 11.2 Å². The van der Waals surface area contributed by atoms with Crippen LogP contribution in [-0.4, -0.2) is 42.5 Å². The molecule has 3 heteroatoms. The minimum Gasteiger partial charge on any atom is -0.379 e. The molecule has 0 bridgehead atoms. The number of Topliss-reactive ketones (excluding diaryl/α,β-unsaturated/α-hetero) is 1. The number of rotatable bonds is 4. The molecular formula is C16H23NO2. The molecule has 2 rings (SSSR count). The van der Waals surface area contributed by atoms with Gasteiger partial charge >= 0.3 is 0 Å². The normalized spacial score (nSPS) is 17.4. The number of carbonyl (C=O) groups excluding carboxylic acids is 1. The molecule has 0 atom stereocenters. The third-order valence-corrected chi connectivity index (χ3v) is 3.95. The summed E-state index contributed by atoms with van der Waals surface area (Å²) in [6.07, 6.45) is 0.957. The first-order valence-corrected chi connectivity index (χ1v) is 7.02. The summed E-state index contributed by atoms with van der Waals surface area (Å²) in [4.78, 5) is 15.0. The lowest BCUT2D eigenvalue weighted by Gasteiger charge is -2.39. The van der Waals surface area contributed by atoms with Crippen molar-refractivity contribution in [3.05, 3.63) is 35.4 Å². The average molecular weight is 261 g/mol. The predicted octanol–water partition coefficient (Wildman–Crippen LogP) is 2.54. The molecular weight excluding hydrogens is 238 g/mol. The fraction of sp³-hybridized carbons (Fsp3) is 0.562. The number of carbonyl (C=O) groups is 1. The van der Waals surface area contributed by atoms with E-state index in [2.05, 4.69) is 17.9 Å². The first kappa shape index (κ1) is 14.2. The Balaban J connectivity index is 2.20. The highest BCUT2D eigenvalue weighted by Crippen LogP contribution is 2.22. The molecule has 1 aliphatic heterocycles. The zero-order valence-electron chi connectivity index (χ0n) is 12.1. The number of ketones is 1. The number of nitrogens with zero attached hydrogens (tertiary/aromatic N) is 1. The lowest BCUT2D eigenvalue weighted by atomic mass is 9.90. The van der Waals surface area contributed by atoms with Crippen LogP contribution in [0.15, 0.2) is 24.3 Å². The smallest absolute Gasteiger partial charge is 0.182 e. The average Bonchev–Trinajstić information content (AvgIpc) is 2.47. The second-order valence-electron chi connectivity index (χ2n) is 5.54. The number of hydrogen-bond acceptors (Lipinski definition) is 3. The van der Waals surface area contributed by atoms with Crippen molar-refractivity contribution in [3.63, 3.8) is 0 Å². The van der Waals surface area contributed by atoms with Crippen LogP contribution < -0.4 is 0 Å². The molecule has 19 heavy (non-hydrogen) atoms. The summed E-state index contributed by atoms with van der Waals surface area (Å²) in [6, 6.07) is 7.98. The maximum atomic E-state index is 12.8. The van der Waals surface area contributed by atoms with Crippen molar-refractivity contribution in [1.82, 2.24) is 4.90 Å². The second-order valence-corrected chi connectivity index (χ2v) is 5.54. The van der Waals surface area contributed by atoms with Crippen molar-refractivity contribution in [2.75, 3.05) is 26.3 Å². The van der Waals surface area contributed by atoms with Gasteiger partial charge in [-0.25, -0.2) is 0 Å². The van der Waals surface area contributed by atoms with Gasteiger partial charge in [0.05, 0.1) is 18.8 Å². The van der Waals surface area contributed by atoms with E-state index in [4.69, 9.17) is 4.74 Å². The highest BCUT2D eigenvalue weighted by Gasteiger charge is 2.35. The van der Waals surface area contributed by atoms with Crippen LogP contribution in [0.2, 0.25) is 0 Å². The van der Waals surface area contributed by atoms with Gasteiger partial charge in [-0.2, -0.15) is 0 Å². The van der Waals surface area contributed by atoms with Crippen LogP contribution in [0.5, 0.6) is 0 Å². The van der Waals surface area contributed by atoms with E-state index in [0.29, 0.717) is 13.2 Å². The van der Waals surface area contributed by atoms with Crippen LogP contribution in [0, 0.1) is 0 Å². The standard InChI is InChI=1S/C16H23NO2/c1-4-13-6-5-7-14(12-13)15(18)16(2,3)17-8-10-19-11-9-17/h5-7,12H,4,8-11H2,1-3H3. The van der Waals surface area contributed by atoms with Gasteiger partial charge in [0.15, 0.2) is 5.78 Å². The monoisotopic (exact) mass is 261 g/mol. The molecule has 1 aromatic rings. The quantitative estimate of drug-likeness (QED) is 0.780. The van der Waals surface area contributed by atoms with Crippen molar-refractivity contribution in [3.8, 4) is 0 Å². The van der Waals surface area contributed by atoms with Gasteiger partial charge < -0.3 is 4.74 Å². The molecule has 0 amide bonds. The molecule has 0 aromatic heterocycles. The Morgan fingerprint density at radius 1 is 1.32 bits per heavy atom. The summed E-state index contributed by atoms with van der Waals surface area (Å²) in [5, 5.41) is 0. The molecule has 3 nitrogen and oxygen atoms in total. The zero-order chi connectivity index (χ0) is 13.9. The Bertz CT molecular complexity index is 448. The van der Waals surface area contributed by atoms with Crippen LogP contribution in [0.25, 0.3) is 0 Å². The van der Waals surface area contributed by atoms with Gasteiger partial charge in [0, 0.05) is 18.7 Å². The lowest BCUT2D eigenvalue weighted by Crippen LogP contribution is -2.54. The minimum atomic E-state index is -0.462. The number of benzene rings is 1. The molecule has 0 spiro atoms.